The van der Waals surface area contributed by atoms with E-state index in [9.17, 15) is 9.59 Å². The molecule has 1 amide bonds. The Balaban J connectivity index is 2.18. The number of likely N-dealkylation sites (tertiary alicyclic amines) is 1. The highest BCUT2D eigenvalue weighted by Gasteiger charge is 2.39. The molecular formula is C12H15N3O2. The molecule has 0 saturated carbocycles. The van der Waals surface area contributed by atoms with E-state index < -0.39 is 0 Å². The van der Waals surface area contributed by atoms with Crippen molar-refractivity contribution in [1.82, 2.24) is 9.47 Å². The number of carbonyl (C=O) groups excluding carboxylic acids is 1. The van der Waals surface area contributed by atoms with Crippen LogP contribution >= 0.6 is 0 Å². The Kier molecular flexibility index (Phi) is 2.05. The Morgan fingerprint density at radius 2 is 2.06 bits per heavy atom. The number of nitrogens with two attached hydrogens (primary N) is 1. The zero-order chi connectivity index (χ0) is 12.2. The lowest BCUT2D eigenvalue weighted by Gasteiger charge is -2.40. The Hall–Kier alpha value is -1.78. The summed E-state index contributed by atoms with van der Waals surface area (Å²) in [5.74, 6) is 0.314. The van der Waals surface area contributed by atoms with E-state index in [1.54, 1.807) is 15.5 Å². The number of anilines is 1. The second-order valence-corrected chi connectivity index (χ2v) is 5.00. The number of nitrogen functional groups attached to an aromatic ring is 1. The van der Waals surface area contributed by atoms with Crippen LogP contribution in [0.3, 0.4) is 0 Å². The maximum atomic E-state index is 12.1. The van der Waals surface area contributed by atoms with Crippen LogP contribution in [0.1, 0.15) is 18.0 Å². The molecule has 0 spiro atoms. The fourth-order valence-corrected chi connectivity index (χ4v) is 2.99. The molecule has 2 N–H and O–H groups in total. The van der Waals surface area contributed by atoms with E-state index in [1.807, 2.05) is 13.1 Å². The summed E-state index contributed by atoms with van der Waals surface area (Å²) in [6.45, 7) is 1.41. The molecule has 1 saturated heterocycles. The molecule has 1 aromatic rings. The summed E-state index contributed by atoms with van der Waals surface area (Å²) < 4.78 is 1.68. The quantitative estimate of drug-likeness (QED) is 0.686. The minimum atomic E-state index is -0.166. The van der Waals surface area contributed by atoms with Crippen molar-refractivity contribution in [2.75, 3.05) is 19.3 Å². The van der Waals surface area contributed by atoms with Crippen molar-refractivity contribution < 1.29 is 4.79 Å². The first kappa shape index (κ1) is 10.4. The smallest absolute Gasteiger partial charge is 0.273 e. The number of likely N-dealkylation sites (N-methyl/N-ethyl adjacent to an activating group) is 1. The van der Waals surface area contributed by atoms with Gasteiger partial charge >= 0.3 is 0 Å². The van der Waals surface area contributed by atoms with Crippen LogP contribution in [0.15, 0.2) is 16.9 Å². The third-order valence-electron chi connectivity index (χ3n) is 3.81. The van der Waals surface area contributed by atoms with Gasteiger partial charge < -0.3 is 15.2 Å². The second kappa shape index (κ2) is 3.35. The van der Waals surface area contributed by atoms with Crippen molar-refractivity contribution in [1.29, 1.82) is 0 Å². The molecule has 1 fully saturated rings. The third kappa shape index (κ3) is 1.38. The van der Waals surface area contributed by atoms with Crippen LogP contribution in [-0.2, 0) is 11.3 Å². The molecule has 2 aliphatic rings. The minimum absolute atomic E-state index is 0.110. The summed E-state index contributed by atoms with van der Waals surface area (Å²) in [4.78, 5) is 25.8. The number of fused-ring (bicyclic) bond motifs is 4. The molecule has 0 aromatic carbocycles. The monoisotopic (exact) mass is 233 g/mol. The van der Waals surface area contributed by atoms with Gasteiger partial charge in [0.1, 0.15) is 0 Å². The number of hydrogen-bond donors (Lipinski definition) is 1. The van der Waals surface area contributed by atoms with Gasteiger partial charge in [-0.2, -0.15) is 0 Å². The largest absolute Gasteiger partial charge is 0.394 e. The van der Waals surface area contributed by atoms with Crippen LogP contribution in [0, 0.1) is 5.92 Å². The number of piperidine rings is 1. The standard InChI is InChI=1S/C12H15N3O2/c1-14-5-7-4-8(11(14)16)10-3-2-9(13)12(17)15(10)6-7/h2-3,7-8H,4-6,13H2,1H3/t7-,8-/m0/s1. The van der Waals surface area contributed by atoms with Crippen LogP contribution in [0.5, 0.6) is 0 Å². The average Bonchev–Trinajstić information content (AvgIpc) is 2.31. The van der Waals surface area contributed by atoms with E-state index in [-0.39, 0.29) is 23.1 Å². The molecule has 0 aliphatic carbocycles. The molecule has 90 valence electrons. The summed E-state index contributed by atoms with van der Waals surface area (Å²) in [5.41, 5.74) is 6.55. The molecule has 17 heavy (non-hydrogen) atoms. The maximum Gasteiger partial charge on any atom is 0.273 e. The Labute approximate surface area is 98.8 Å². The van der Waals surface area contributed by atoms with Gasteiger partial charge in [-0.1, -0.05) is 0 Å². The fourth-order valence-electron chi connectivity index (χ4n) is 2.99. The first-order valence-corrected chi connectivity index (χ1v) is 5.82. The van der Waals surface area contributed by atoms with Gasteiger partial charge in [0, 0.05) is 25.8 Å². The Morgan fingerprint density at radius 1 is 1.29 bits per heavy atom. The van der Waals surface area contributed by atoms with Gasteiger partial charge in [-0.3, -0.25) is 9.59 Å². The van der Waals surface area contributed by atoms with Crippen LogP contribution in [0.4, 0.5) is 5.69 Å². The van der Waals surface area contributed by atoms with E-state index in [1.165, 1.54) is 0 Å². The van der Waals surface area contributed by atoms with Gasteiger partial charge in [-0.05, 0) is 24.5 Å². The van der Waals surface area contributed by atoms with Gasteiger partial charge in [0.05, 0.1) is 11.6 Å². The predicted molar refractivity (Wildman–Crippen MR) is 63.6 cm³/mol. The first-order chi connectivity index (χ1) is 8.08. The Morgan fingerprint density at radius 3 is 2.82 bits per heavy atom. The van der Waals surface area contributed by atoms with Gasteiger partial charge in [-0.25, -0.2) is 0 Å². The highest BCUT2D eigenvalue weighted by Crippen LogP contribution is 2.35. The normalized spacial score (nSPS) is 26.9. The van der Waals surface area contributed by atoms with Crippen molar-refractivity contribution in [3.05, 3.63) is 28.2 Å². The summed E-state index contributed by atoms with van der Waals surface area (Å²) in [7, 11) is 1.83. The minimum Gasteiger partial charge on any atom is -0.394 e. The number of aromatic nitrogens is 1. The zero-order valence-electron chi connectivity index (χ0n) is 9.72. The molecular weight excluding hydrogens is 218 g/mol. The van der Waals surface area contributed by atoms with Gasteiger partial charge in [0.15, 0.2) is 0 Å². The lowest BCUT2D eigenvalue weighted by atomic mass is 9.83. The van der Waals surface area contributed by atoms with Crippen molar-refractivity contribution in [2.45, 2.75) is 18.9 Å². The molecule has 0 radical (unpaired) electrons. The molecule has 2 aliphatic heterocycles. The molecule has 1 aromatic heterocycles. The van der Waals surface area contributed by atoms with Crippen molar-refractivity contribution in [3.8, 4) is 0 Å². The summed E-state index contributed by atoms with van der Waals surface area (Å²) in [6.07, 6.45) is 0.854. The van der Waals surface area contributed by atoms with Crippen molar-refractivity contribution >= 4 is 11.6 Å². The third-order valence-corrected chi connectivity index (χ3v) is 3.81. The van der Waals surface area contributed by atoms with Crippen LogP contribution in [0.2, 0.25) is 0 Å². The lowest BCUT2D eigenvalue weighted by Crippen LogP contribution is -2.49. The van der Waals surface area contributed by atoms with E-state index in [0.717, 1.165) is 18.7 Å². The van der Waals surface area contributed by atoms with E-state index >= 15 is 0 Å². The van der Waals surface area contributed by atoms with Gasteiger partial charge in [0.2, 0.25) is 5.91 Å². The van der Waals surface area contributed by atoms with E-state index in [4.69, 9.17) is 5.73 Å². The Bertz CT molecular complexity index is 549. The molecule has 3 rings (SSSR count). The first-order valence-electron chi connectivity index (χ1n) is 5.82. The molecule has 5 nitrogen and oxygen atoms in total. The van der Waals surface area contributed by atoms with E-state index in [2.05, 4.69) is 0 Å². The number of amides is 1. The molecule has 2 bridgehead atoms. The predicted octanol–water partition coefficient (Wildman–Crippen LogP) is 0.00600. The summed E-state index contributed by atoms with van der Waals surface area (Å²) in [5, 5.41) is 0. The van der Waals surface area contributed by atoms with Gasteiger partial charge in [0.25, 0.3) is 5.56 Å². The maximum absolute atomic E-state index is 12.1. The van der Waals surface area contributed by atoms with Gasteiger partial charge in [-0.15, -0.1) is 0 Å². The fraction of sp³-hybridized carbons (Fsp3) is 0.500. The van der Waals surface area contributed by atoms with Crippen LogP contribution < -0.4 is 11.3 Å². The molecule has 2 atom stereocenters. The SMILES string of the molecule is CN1C[C@@H]2C[C@H](C1=O)c1ccc(N)c(=O)n1C2. The highest BCUT2D eigenvalue weighted by atomic mass is 16.2. The van der Waals surface area contributed by atoms with Crippen molar-refractivity contribution in [3.63, 3.8) is 0 Å². The average molecular weight is 233 g/mol. The number of nitrogens with zero attached hydrogens (tertiary/aromatic N) is 2. The van der Waals surface area contributed by atoms with E-state index in [0.29, 0.717) is 12.5 Å². The number of carbonyl (C=O) groups is 1. The summed E-state index contributed by atoms with van der Waals surface area (Å²) in [6, 6.07) is 3.42. The van der Waals surface area contributed by atoms with Crippen LogP contribution in [0.25, 0.3) is 0 Å². The number of pyridine rings is 1. The number of rotatable bonds is 0. The zero-order valence-corrected chi connectivity index (χ0v) is 9.72. The highest BCUT2D eigenvalue weighted by molar-refractivity contribution is 5.84. The molecule has 3 heterocycles. The lowest BCUT2D eigenvalue weighted by molar-refractivity contribution is -0.136. The molecule has 0 unspecified atom stereocenters. The molecule has 5 heteroatoms. The number of hydrogen-bond acceptors (Lipinski definition) is 3. The van der Waals surface area contributed by atoms with Crippen LogP contribution in [-0.4, -0.2) is 29.0 Å². The van der Waals surface area contributed by atoms with Crippen molar-refractivity contribution in [2.24, 2.45) is 5.92 Å². The topological polar surface area (TPSA) is 68.3 Å². The summed E-state index contributed by atoms with van der Waals surface area (Å²) >= 11 is 0. The second-order valence-electron chi connectivity index (χ2n) is 5.00.